The maximum atomic E-state index is 11.4. The molecule has 0 saturated heterocycles. The molecule has 0 radical (unpaired) electrons. The second kappa shape index (κ2) is 4.39. The summed E-state index contributed by atoms with van der Waals surface area (Å²) in [5.74, 6) is 0.356. The number of amides is 1. The lowest BCUT2D eigenvalue weighted by Gasteiger charge is -2.24. The van der Waals surface area contributed by atoms with E-state index in [0.29, 0.717) is 5.92 Å². The first kappa shape index (κ1) is 12.3. The summed E-state index contributed by atoms with van der Waals surface area (Å²) in [5, 5.41) is 12.4. The molecular formula is C11H21NO3. The number of alkyl carbamates (subject to hydrolysis) is 1. The third kappa shape index (κ3) is 4.51. The zero-order valence-corrected chi connectivity index (χ0v) is 9.91. The Labute approximate surface area is 91.0 Å². The molecule has 2 N–H and O–H groups in total. The van der Waals surface area contributed by atoms with Gasteiger partial charge in [-0.05, 0) is 46.5 Å². The van der Waals surface area contributed by atoms with Crippen LogP contribution in [0, 0.1) is 5.92 Å². The van der Waals surface area contributed by atoms with Crippen molar-refractivity contribution < 1.29 is 14.6 Å². The van der Waals surface area contributed by atoms with Crippen LogP contribution in [0.3, 0.4) is 0 Å². The molecule has 0 aliphatic heterocycles. The van der Waals surface area contributed by atoms with E-state index < -0.39 is 17.8 Å². The molecule has 2 unspecified atom stereocenters. The highest BCUT2D eigenvalue weighted by Crippen LogP contribution is 2.33. The first-order chi connectivity index (χ1) is 6.79. The normalized spacial score (nSPS) is 20.6. The maximum Gasteiger partial charge on any atom is 0.407 e. The topological polar surface area (TPSA) is 58.6 Å². The molecule has 88 valence electrons. The van der Waals surface area contributed by atoms with Gasteiger partial charge < -0.3 is 15.2 Å². The number of nitrogens with one attached hydrogen (secondary N) is 1. The molecule has 1 fully saturated rings. The minimum absolute atomic E-state index is 0.243. The summed E-state index contributed by atoms with van der Waals surface area (Å²) in [4.78, 5) is 11.4. The lowest BCUT2D eigenvalue weighted by Crippen LogP contribution is -2.44. The van der Waals surface area contributed by atoms with E-state index in [1.165, 1.54) is 0 Å². The molecule has 4 nitrogen and oxygen atoms in total. The van der Waals surface area contributed by atoms with E-state index in [0.717, 1.165) is 12.8 Å². The van der Waals surface area contributed by atoms with E-state index in [2.05, 4.69) is 5.32 Å². The molecule has 0 heterocycles. The van der Waals surface area contributed by atoms with Gasteiger partial charge in [0.1, 0.15) is 5.60 Å². The van der Waals surface area contributed by atoms with E-state index in [-0.39, 0.29) is 6.04 Å². The summed E-state index contributed by atoms with van der Waals surface area (Å²) < 4.78 is 5.10. The van der Waals surface area contributed by atoms with Crippen LogP contribution >= 0.6 is 0 Å². The number of aliphatic hydroxyl groups excluding tert-OH is 1. The fraction of sp³-hybridized carbons (Fsp3) is 0.909. The summed E-state index contributed by atoms with van der Waals surface area (Å²) in [6, 6.07) is -0.243. The second-order valence-electron chi connectivity index (χ2n) is 5.26. The Balaban J connectivity index is 2.30. The smallest absolute Gasteiger partial charge is 0.407 e. The van der Waals surface area contributed by atoms with Crippen LogP contribution in [0.4, 0.5) is 4.79 Å². The molecule has 1 amide bonds. The molecule has 0 aromatic carbocycles. The maximum absolute atomic E-state index is 11.4. The molecule has 1 aliphatic carbocycles. The molecule has 2 atom stereocenters. The van der Waals surface area contributed by atoms with Crippen LogP contribution in [-0.4, -0.2) is 28.9 Å². The number of ether oxygens (including phenoxy) is 1. The van der Waals surface area contributed by atoms with Gasteiger partial charge in [-0.15, -0.1) is 0 Å². The number of carbonyl (C=O) groups excluding carboxylic acids is 1. The number of aliphatic hydroxyl groups is 1. The van der Waals surface area contributed by atoms with E-state index in [1.807, 2.05) is 20.8 Å². The molecule has 15 heavy (non-hydrogen) atoms. The van der Waals surface area contributed by atoms with Crippen LogP contribution in [0.15, 0.2) is 0 Å². The lowest BCUT2D eigenvalue weighted by molar-refractivity contribution is 0.0415. The van der Waals surface area contributed by atoms with Gasteiger partial charge >= 0.3 is 6.09 Å². The van der Waals surface area contributed by atoms with Gasteiger partial charge in [0.15, 0.2) is 0 Å². The highest BCUT2D eigenvalue weighted by molar-refractivity contribution is 5.68. The van der Waals surface area contributed by atoms with Gasteiger partial charge in [0.25, 0.3) is 0 Å². The second-order valence-corrected chi connectivity index (χ2v) is 5.26. The number of carbonyl (C=O) groups is 1. The van der Waals surface area contributed by atoms with E-state index in [4.69, 9.17) is 4.74 Å². The molecule has 0 spiro atoms. The van der Waals surface area contributed by atoms with Crippen LogP contribution in [0.2, 0.25) is 0 Å². The van der Waals surface area contributed by atoms with Crippen LogP contribution in [0.5, 0.6) is 0 Å². The number of hydrogen-bond donors (Lipinski definition) is 2. The molecule has 1 aliphatic rings. The van der Waals surface area contributed by atoms with Gasteiger partial charge in [0.2, 0.25) is 0 Å². The predicted molar refractivity (Wildman–Crippen MR) is 57.6 cm³/mol. The van der Waals surface area contributed by atoms with Crippen LogP contribution in [0.25, 0.3) is 0 Å². The summed E-state index contributed by atoms with van der Waals surface area (Å²) in [6.45, 7) is 7.24. The summed E-state index contributed by atoms with van der Waals surface area (Å²) >= 11 is 0. The highest BCUT2D eigenvalue weighted by atomic mass is 16.6. The van der Waals surface area contributed by atoms with Crippen molar-refractivity contribution in [2.75, 3.05) is 0 Å². The predicted octanol–water partition coefficient (Wildman–Crippen LogP) is 1.67. The fourth-order valence-electron chi connectivity index (χ4n) is 1.42. The Morgan fingerprint density at radius 3 is 2.40 bits per heavy atom. The van der Waals surface area contributed by atoms with Gasteiger partial charge in [0.05, 0.1) is 12.1 Å². The monoisotopic (exact) mass is 215 g/mol. The summed E-state index contributed by atoms with van der Waals surface area (Å²) in [6.07, 6.45) is 1.20. The van der Waals surface area contributed by atoms with Crippen molar-refractivity contribution in [3.63, 3.8) is 0 Å². The largest absolute Gasteiger partial charge is 0.444 e. The minimum atomic E-state index is -0.492. The van der Waals surface area contributed by atoms with Crippen molar-refractivity contribution in [3.05, 3.63) is 0 Å². The fourth-order valence-corrected chi connectivity index (χ4v) is 1.42. The molecule has 0 bridgehead atoms. The van der Waals surface area contributed by atoms with Crippen molar-refractivity contribution in [1.29, 1.82) is 0 Å². The van der Waals surface area contributed by atoms with E-state index in [1.54, 1.807) is 6.92 Å². The van der Waals surface area contributed by atoms with Crippen molar-refractivity contribution >= 4 is 6.09 Å². The van der Waals surface area contributed by atoms with Gasteiger partial charge in [-0.1, -0.05) is 0 Å². The van der Waals surface area contributed by atoms with Gasteiger partial charge in [-0.3, -0.25) is 0 Å². The zero-order valence-electron chi connectivity index (χ0n) is 9.91. The molecule has 1 saturated carbocycles. The molecule has 0 aromatic rings. The first-order valence-corrected chi connectivity index (χ1v) is 5.47. The van der Waals surface area contributed by atoms with Crippen molar-refractivity contribution in [1.82, 2.24) is 5.32 Å². The Morgan fingerprint density at radius 1 is 1.47 bits per heavy atom. The SMILES string of the molecule is CC(NC(=O)OC(C)(C)C)C(O)C1CC1. The van der Waals surface area contributed by atoms with Crippen molar-refractivity contribution in [2.45, 2.75) is 58.3 Å². The summed E-state index contributed by atoms with van der Waals surface area (Å²) in [5.41, 5.74) is -0.492. The number of rotatable bonds is 3. The molecular weight excluding hydrogens is 194 g/mol. The lowest BCUT2D eigenvalue weighted by atomic mass is 10.1. The Bertz CT molecular complexity index is 230. The molecule has 0 aromatic heterocycles. The van der Waals surface area contributed by atoms with E-state index in [9.17, 15) is 9.90 Å². The van der Waals surface area contributed by atoms with Crippen molar-refractivity contribution in [2.24, 2.45) is 5.92 Å². The molecule has 1 rings (SSSR count). The average molecular weight is 215 g/mol. The third-order valence-electron chi connectivity index (χ3n) is 2.36. The van der Waals surface area contributed by atoms with Crippen LogP contribution < -0.4 is 5.32 Å². The highest BCUT2D eigenvalue weighted by Gasteiger charge is 2.34. The van der Waals surface area contributed by atoms with Crippen molar-refractivity contribution in [3.8, 4) is 0 Å². The van der Waals surface area contributed by atoms with Crippen LogP contribution in [0.1, 0.15) is 40.5 Å². The van der Waals surface area contributed by atoms with Gasteiger partial charge in [-0.25, -0.2) is 4.79 Å². The van der Waals surface area contributed by atoms with E-state index >= 15 is 0 Å². The van der Waals surface area contributed by atoms with Gasteiger partial charge in [0, 0.05) is 0 Å². The quantitative estimate of drug-likeness (QED) is 0.753. The zero-order chi connectivity index (χ0) is 11.6. The first-order valence-electron chi connectivity index (χ1n) is 5.47. The Hall–Kier alpha value is -0.770. The average Bonchev–Trinajstić information content (AvgIpc) is 2.80. The third-order valence-corrected chi connectivity index (χ3v) is 2.36. The standard InChI is InChI=1S/C11H21NO3/c1-7(9(13)8-5-6-8)12-10(14)15-11(2,3)4/h7-9,13H,5-6H2,1-4H3,(H,12,14). The Morgan fingerprint density at radius 2 is 2.00 bits per heavy atom. The Kier molecular flexibility index (Phi) is 3.60. The molecule has 4 heteroatoms. The number of hydrogen-bond acceptors (Lipinski definition) is 3. The van der Waals surface area contributed by atoms with Crippen LogP contribution in [-0.2, 0) is 4.74 Å². The van der Waals surface area contributed by atoms with Gasteiger partial charge in [-0.2, -0.15) is 0 Å². The summed E-state index contributed by atoms with van der Waals surface area (Å²) in [7, 11) is 0. The minimum Gasteiger partial charge on any atom is -0.444 e.